The van der Waals surface area contributed by atoms with Gasteiger partial charge in [-0.25, -0.2) is 9.78 Å². The van der Waals surface area contributed by atoms with E-state index in [0.717, 1.165) is 21.0 Å². The number of carboxylic acid groups (broad SMARTS) is 1. The fraction of sp³-hybridized carbons (Fsp3) is 0.174. The van der Waals surface area contributed by atoms with Gasteiger partial charge in [-0.05, 0) is 48.7 Å². The van der Waals surface area contributed by atoms with Crippen molar-refractivity contribution in [3.63, 3.8) is 0 Å². The summed E-state index contributed by atoms with van der Waals surface area (Å²) in [5, 5.41) is 25.7. The highest BCUT2D eigenvalue weighted by Crippen LogP contribution is 2.53. The molecule has 0 fully saturated rings. The molecule has 0 saturated heterocycles. The Morgan fingerprint density at radius 1 is 1.21 bits per heavy atom. The largest absolute Gasteiger partial charge is 0.476 e. The van der Waals surface area contributed by atoms with Crippen LogP contribution >= 0.6 is 46.3 Å². The van der Waals surface area contributed by atoms with E-state index in [1.807, 2.05) is 18.2 Å². The number of aliphatic hydroxyl groups excluding tert-OH is 1. The highest BCUT2D eigenvalue weighted by molar-refractivity contribution is 8.01. The monoisotopic (exact) mass is 517 g/mol. The first kappa shape index (κ1) is 22.4. The minimum atomic E-state index is -1.11. The molecule has 1 aliphatic rings. The van der Waals surface area contributed by atoms with Crippen LogP contribution in [0.2, 0.25) is 10.0 Å². The minimum Gasteiger partial charge on any atom is -0.476 e. The Kier molecular flexibility index (Phi) is 5.74. The first-order valence-electron chi connectivity index (χ1n) is 9.98. The number of nitrogens with zero attached hydrogens (tertiary/aromatic N) is 3. The number of aryl methyl sites for hydroxylation is 1. The van der Waals surface area contributed by atoms with Gasteiger partial charge in [-0.3, -0.25) is 0 Å². The van der Waals surface area contributed by atoms with Crippen LogP contribution in [0.4, 0.5) is 0 Å². The van der Waals surface area contributed by atoms with E-state index in [-0.39, 0.29) is 17.6 Å². The summed E-state index contributed by atoms with van der Waals surface area (Å²) in [6.07, 6.45) is 0. The van der Waals surface area contributed by atoms with Gasteiger partial charge in [0.05, 0.1) is 32.2 Å². The lowest BCUT2D eigenvalue weighted by Gasteiger charge is -2.21. The Morgan fingerprint density at radius 2 is 1.97 bits per heavy atom. The van der Waals surface area contributed by atoms with Crippen molar-refractivity contribution in [3.8, 4) is 27.5 Å². The van der Waals surface area contributed by atoms with Crippen molar-refractivity contribution in [1.29, 1.82) is 0 Å². The van der Waals surface area contributed by atoms with E-state index < -0.39 is 5.97 Å². The third-order valence-electron chi connectivity index (χ3n) is 5.50. The van der Waals surface area contributed by atoms with E-state index in [9.17, 15) is 15.0 Å². The first-order valence-corrected chi connectivity index (χ1v) is 12.4. The van der Waals surface area contributed by atoms with Crippen LogP contribution in [0.3, 0.4) is 0 Å². The number of thiazole rings is 1. The van der Waals surface area contributed by atoms with Crippen molar-refractivity contribution in [2.24, 2.45) is 0 Å². The van der Waals surface area contributed by atoms with Crippen molar-refractivity contribution >= 4 is 52.3 Å². The number of benzene rings is 2. The van der Waals surface area contributed by atoms with Gasteiger partial charge in [0.2, 0.25) is 5.13 Å². The Bertz CT molecular complexity index is 1430. The quantitative estimate of drug-likeness (QED) is 0.315. The molecule has 33 heavy (non-hydrogen) atoms. The summed E-state index contributed by atoms with van der Waals surface area (Å²) in [5.74, 6) is -1.11. The third kappa shape index (κ3) is 3.76. The molecule has 1 atom stereocenters. The molecule has 3 heterocycles. The number of carbonyl (C=O) groups is 1. The maximum Gasteiger partial charge on any atom is 0.355 e. The standard InChI is InChI=1S/C23H17Cl2N3O3S2/c1-10-18(13-5-3-4-12(6-13)9-29)20(21(30)31)28(27-10)23-26-19-15-8-17(25)16(24)7-14(15)11(2)32-22(19)33-23/h3-8,11,29H,9H2,1-2H3,(H,30,31). The van der Waals surface area contributed by atoms with Crippen LogP contribution in [0.1, 0.15) is 39.5 Å². The SMILES string of the molecule is Cc1nn(-c2nc3c(s2)SC(C)c2cc(Cl)c(Cl)cc2-3)c(C(=O)O)c1-c1cccc(CO)c1. The summed E-state index contributed by atoms with van der Waals surface area (Å²) >= 11 is 15.6. The number of aliphatic hydroxyl groups is 1. The second-order valence-electron chi connectivity index (χ2n) is 7.63. The van der Waals surface area contributed by atoms with E-state index in [4.69, 9.17) is 28.2 Å². The van der Waals surface area contributed by atoms with Crippen LogP contribution in [0, 0.1) is 6.92 Å². The molecule has 2 aromatic heterocycles. The number of carboxylic acids is 1. The van der Waals surface area contributed by atoms with Gasteiger partial charge in [0.1, 0.15) is 0 Å². The van der Waals surface area contributed by atoms with Crippen molar-refractivity contribution in [2.75, 3.05) is 0 Å². The van der Waals surface area contributed by atoms with Crippen LogP contribution in [0.25, 0.3) is 27.5 Å². The maximum atomic E-state index is 12.4. The Balaban J connectivity index is 1.69. The number of thioether (sulfide) groups is 1. The summed E-state index contributed by atoms with van der Waals surface area (Å²) in [7, 11) is 0. The lowest BCUT2D eigenvalue weighted by molar-refractivity contribution is 0.0688. The minimum absolute atomic E-state index is 0.0288. The van der Waals surface area contributed by atoms with Gasteiger partial charge in [-0.1, -0.05) is 52.7 Å². The first-order chi connectivity index (χ1) is 15.8. The number of halogens is 2. The van der Waals surface area contributed by atoms with Gasteiger partial charge in [0, 0.05) is 16.4 Å². The Labute approximate surface area is 207 Å². The summed E-state index contributed by atoms with van der Waals surface area (Å²) in [6.45, 7) is 3.72. The zero-order valence-electron chi connectivity index (χ0n) is 17.5. The zero-order chi connectivity index (χ0) is 23.4. The summed E-state index contributed by atoms with van der Waals surface area (Å²) in [5.41, 5.74) is 5.15. The smallest absolute Gasteiger partial charge is 0.355 e. The van der Waals surface area contributed by atoms with Gasteiger partial charge in [-0.2, -0.15) is 9.78 Å². The highest BCUT2D eigenvalue weighted by atomic mass is 35.5. The average molecular weight is 518 g/mol. The molecule has 10 heteroatoms. The molecule has 0 spiro atoms. The molecule has 0 saturated carbocycles. The zero-order valence-corrected chi connectivity index (χ0v) is 20.6. The number of aromatic nitrogens is 3. The summed E-state index contributed by atoms with van der Waals surface area (Å²) in [6, 6.07) is 10.8. The third-order valence-corrected chi connectivity index (χ3v) is 8.60. The van der Waals surface area contributed by atoms with Crippen molar-refractivity contribution < 1.29 is 15.0 Å². The topological polar surface area (TPSA) is 88.2 Å². The normalized spacial score (nSPS) is 14.8. The van der Waals surface area contributed by atoms with Gasteiger partial charge in [0.15, 0.2) is 5.69 Å². The Hall–Kier alpha value is -2.36. The summed E-state index contributed by atoms with van der Waals surface area (Å²) < 4.78 is 2.36. The molecule has 6 nitrogen and oxygen atoms in total. The van der Waals surface area contributed by atoms with Crippen LogP contribution in [-0.2, 0) is 6.61 Å². The molecule has 5 rings (SSSR count). The highest BCUT2D eigenvalue weighted by Gasteiger charge is 2.30. The van der Waals surface area contributed by atoms with E-state index in [1.54, 1.807) is 36.9 Å². The predicted molar refractivity (Wildman–Crippen MR) is 132 cm³/mol. The van der Waals surface area contributed by atoms with Gasteiger partial charge in [-0.15, -0.1) is 11.8 Å². The molecule has 0 aliphatic carbocycles. The van der Waals surface area contributed by atoms with E-state index in [2.05, 4.69) is 12.0 Å². The van der Waals surface area contributed by atoms with Gasteiger partial charge < -0.3 is 10.2 Å². The van der Waals surface area contributed by atoms with E-state index in [1.165, 1.54) is 16.0 Å². The maximum absolute atomic E-state index is 12.4. The number of hydrogen-bond donors (Lipinski definition) is 2. The van der Waals surface area contributed by atoms with Gasteiger partial charge in [0.25, 0.3) is 0 Å². The molecule has 0 bridgehead atoms. The lowest BCUT2D eigenvalue weighted by atomic mass is 10.0. The Morgan fingerprint density at radius 3 is 2.70 bits per heavy atom. The molecule has 2 aromatic carbocycles. The molecular weight excluding hydrogens is 501 g/mol. The molecule has 1 aliphatic heterocycles. The van der Waals surface area contributed by atoms with Crippen LogP contribution in [-0.4, -0.2) is 30.9 Å². The number of fused-ring (bicyclic) bond motifs is 3. The predicted octanol–water partition coefficient (Wildman–Crippen LogP) is 6.64. The number of aromatic carboxylic acids is 1. The molecule has 168 valence electrons. The number of rotatable bonds is 4. The van der Waals surface area contributed by atoms with Gasteiger partial charge >= 0.3 is 5.97 Å². The van der Waals surface area contributed by atoms with Crippen molar-refractivity contribution in [3.05, 3.63) is 69.0 Å². The van der Waals surface area contributed by atoms with Crippen LogP contribution < -0.4 is 0 Å². The second kappa shape index (κ2) is 8.45. The lowest BCUT2D eigenvalue weighted by Crippen LogP contribution is -2.09. The molecule has 1 unspecified atom stereocenters. The van der Waals surface area contributed by atoms with Crippen LogP contribution in [0.5, 0.6) is 0 Å². The van der Waals surface area contributed by atoms with Crippen LogP contribution in [0.15, 0.2) is 40.6 Å². The summed E-state index contributed by atoms with van der Waals surface area (Å²) in [4.78, 5) is 17.1. The fourth-order valence-corrected chi connectivity index (χ4v) is 6.87. The molecule has 0 radical (unpaired) electrons. The molecular formula is C23H17Cl2N3O3S2. The van der Waals surface area contributed by atoms with Crippen molar-refractivity contribution in [2.45, 2.75) is 29.9 Å². The average Bonchev–Trinajstić information content (AvgIpc) is 3.36. The molecule has 2 N–H and O–H groups in total. The molecule has 4 aromatic rings. The fourth-order valence-electron chi connectivity index (χ4n) is 4.00. The van der Waals surface area contributed by atoms with E-state index in [0.29, 0.717) is 37.6 Å². The second-order valence-corrected chi connectivity index (χ2v) is 11.0. The van der Waals surface area contributed by atoms with Crippen molar-refractivity contribution in [1.82, 2.24) is 14.8 Å². The number of hydrogen-bond acceptors (Lipinski definition) is 6. The molecule has 0 amide bonds. The van der Waals surface area contributed by atoms with E-state index >= 15 is 0 Å².